The Kier molecular flexibility index (Phi) is 6.16. The molecule has 0 aliphatic rings. The monoisotopic (exact) mass is 419 g/mol. The van der Waals surface area contributed by atoms with E-state index in [-0.39, 0.29) is 11.6 Å². The number of aromatic nitrogens is 2. The van der Waals surface area contributed by atoms with Crippen molar-refractivity contribution in [3.8, 4) is 22.4 Å². The highest BCUT2D eigenvalue weighted by Crippen LogP contribution is 2.31. The molecule has 0 spiro atoms. The molecule has 3 aromatic carbocycles. The number of rotatable bonds is 7. The SMILES string of the molecule is O=S([O-])Cc1ccc(-c2nn(CCc3ccccc3)cc2-c2ccc(F)cc2)cc1. The molecule has 0 fully saturated rings. The molecule has 1 aromatic heterocycles. The van der Waals surface area contributed by atoms with Gasteiger partial charge in [-0.05, 0) is 35.2 Å². The Bertz CT molecular complexity index is 1140. The Labute approximate surface area is 177 Å². The summed E-state index contributed by atoms with van der Waals surface area (Å²) >= 11 is -2.13. The van der Waals surface area contributed by atoms with Crippen molar-refractivity contribution in [3.05, 3.63) is 102 Å². The zero-order valence-electron chi connectivity index (χ0n) is 16.2. The van der Waals surface area contributed by atoms with Crippen molar-refractivity contribution < 1.29 is 13.2 Å². The molecule has 0 radical (unpaired) electrons. The van der Waals surface area contributed by atoms with Gasteiger partial charge in [-0.1, -0.05) is 77.8 Å². The predicted molar refractivity (Wildman–Crippen MR) is 116 cm³/mol. The molecule has 4 nitrogen and oxygen atoms in total. The third kappa shape index (κ3) is 4.90. The number of benzene rings is 3. The van der Waals surface area contributed by atoms with Crippen LogP contribution in [0.5, 0.6) is 0 Å². The smallest absolute Gasteiger partial charge is 0.123 e. The van der Waals surface area contributed by atoms with E-state index in [1.165, 1.54) is 17.7 Å². The van der Waals surface area contributed by atoms with Gasteiger partial charge in [-0.3, -0.25) is 8.89 Å². The Morgan fingerprint density at radius 1 is 0.867 bits per heavy atom. The van der Waals surface area contributed by atoms with Gasteiger partial charge in [-0.15, -0.1) is 0 Å². The van der Waals surface area contributed by atoms with E-state index < -0.39 is 11.1 Å². The van der Waals surface area contributed by atoms with Gasteiger partial charge < -0.3 is 4.55 Å². The van der Waals surface area contributed by atoms with Gasteiger partial charge >= 0.3 is 0 Å². The van der Waals surface area contributed by atoms with E-state index in [2.05, 4.69) is 12.1 Å². The average molecular weight is 420 g/mol. The first-order valence-corrected chi connectivity index (χ1v) is 10.9. The van der Waals surface area contributed by atoms with Crippen LogP contribution in [0.3, 0.4) is 0 Å². The fraction of sp³-hybridized carbons (Fsp3) is 0.125. The van der Waals surface area contributed by atoms with Crippen molar-refractivity contribution >= 4 is 11.1 Å². The van der Waals surface area contributed by atoms with Gasteiger partial charge in [0.05, 0.1) is 0 Å². The third-order valence-electron chi connectivity index (χ3n) is 4.90. The first kappa shape index (κ1) is 20.2. The van der Waals surface area contributed by atoms with E-state index in [9.17, 15) is 13.2 Å². The largest absolute Gasteiger partial charge is 0.772 e. The molecule has 6 heteroatoms. The first-order chi connectivity index (χ1) is 14.6. The highest BCUT2D eigenvalue weighted by Gasteiger charge is 2.14. The van der Waals surface area contributed by atoms with Crippen LogP contribution in [-0.4, -0.2) is 18.5 Å². The number of aryl methyl sites for hydroxylation is 2. The van der Waals surface area contributed by atoms with E-state index in [1.54, 1.807) is 24.3 Å². The minimum atomic E-state index is -2.13. The van der Waals surface area contributed by atoms with Crippen LogP contribution in [0.2, 0.25) is 0 Å². The van der Waals surface area contributed by atoms with Crippen LogP contribution < -0.4 is 0 Å². The fourth-order valence-corrected chi connectivity index (χ4v) is 3.84. The van der Waals surface area contributed by atoms with Crippen molar-refractivity contribution in [1.82, 2.24) is 9.78 Å². The molecule has 0 saturated heterocycles. The zero-order chi connectivity index (χ0) is 20.9. The minimum absolute atomic E-state index is 0.0172. The summed E-state index contributed by atoms with van der Waals surface area (Å²) < 4.78 is 37.2. The van der Waals surface area contributed by atoms with Crippen LogP contribution in [0.4, 0.5) is 4.39 Å². The van der Waals surface area contributed by atoms with Crippen molar-refractivity contribution in [2.75, 3.05) is 0 Å². The lowest BCUT2D eigenvalue weighted by Crippen LogP contribution is -2.02. The van der Waals surface area contributed by atoms with Crippen LogP contribution in [-0.2, 0) is 29.8 Å². The average Bonchev–Trinajstić information content (AvgIpc) is 3.18. The van der Waals surface area contributed by atoms with Crippen LogP contribution in [0, 0.1) is 5.82 Å². The Hall–Kier alpha value is -3.09. The molecule has 1 heterocycles. The molecular formula is C24H20FN2O2S-. The molecular weight excluding hydrogens is 399 g/mol. The number of hydrogen-bond donors (Lipinski definition) is 0. The third-order valence-corrected chi connectivity index (χ3v) is 5.47. The highest BCUT2D eigenvalue weighted by atomic mass is 32.2. The second kappa shape index (κ2) is 9.15. The summed E-state index contributed by atoms with van der Waals surface area (Å²) in [6.45, 7) is 0.714. The van der Waals surface area contributed by atoms with Crippen molar-refractivity contribution in [2.45, 2.75) is 18.7 Å². The Balaban J connectivity index is 1.67. The maximum absolute atomic E-state index is 13.4. The molecule has 0 aliphatic carbocycles. The quantitative estimate of drug-likeness (QED) is 0.397. The zero-order valence-corrected chi connectivity index (χ0v) is 17.0. The molecule has 0 aliphatic heterocycles. The molecule has 0 N–H and O–H groups in total. The van der Waals surface area contributed by atoms with E-state index in [1.807, 2.05) is 41.2 Å². The summed E-state index contributed by atoms with van der Waals surface area (Å²) in [5.41, 5.74) is 5.40. The van der Waals surface area contributed by atoms with Crippen LogP contribution >= 0.6 is 0 Å². The second-order valence-electron chi connectivity index (χ2n) is 7.04. The normalized spacial score (nSPS) is 12.1. The van der Waals surface area contributed by atoms with Gasteiger partial charge in [-0.2, -0.15) is 5.10 Å². The lowest BCUT2D eigenvalue weighted by molar-refractivity contribution is 0.536. The van der Waals surface area contributed by atoms with E-state index in [4.69, 9.17) is 5.10 Å². The molecule has 152 valence electrons. The van der Waals surface area contributed by atoms with Crippen LogP contribution in [0.1, 0.15) is 11.1 Å². The number of nitrogens with zero attached hydrogens (tertiary/aromatic N) is 2. The van der Waals surface area contributed by atoms with Crippen molar-refractivity contribution in [1.29, 1.82) is 0 Å². The van der Waals surface area contributed by atoms with Gasteiger partial charge in [0, 0.05) is 29.6 Å². The maximum Gasteiger partial charge on any atom is 0.123 e. The summed E-state index contributed by atoms with van der Waals surface area (Å²) in [5.74, 6) is -0.303. The van der Waals surface area contributed by atoms with Gasteiger partial charge in [-0.25, -0.2) is 4.39 Å². The minimum Gasteiger partial charge on any atom is -0.772 e. The van der Waals surface area contributed by atoms with Gasteiger partial charge in [0.1, 0.15) is 11.5 Å². The highest BCUT2D eigenvalue weighted by molar-refractivity contribution is 7.78. The molecule has 1 unspecified atom stereocenters. The van der Waals surface area contributed by atoms with Gasteiger partial charge in [0.15, 0.2) is 0 Å². The molecule has 0 bridgehead atoms. The molecule has 0 saturated carbocycles. The summed E-state index contributed by atoms with van der Waals surface area (Å²) in [6, 6.07) is 23.9. The van der Waals surface area contributed by atoms with Crippen LogP contribution in [0.25, 0.3) is 22.4 Å². The molecule has 30 heavy (non-hydrogen) atoms. The molecule has 0 amide bonds. The summed E-state index contributed by atoms with van der Waals surface area (Å²) in [7, 11) is 0. The van der Waals surface area contributed by atoms with E-state index in [0.717, 1.165) is 34.4 Å². The van der Waals surface area contributed by atoms with Crippen molar-refractivity contribution in [3.63, 3.8) is 0 Å². The Morgan fingerprint density at radius 3 is 2.20 bits per heavy atom. The lowest BCUT2D eigenvalue weighted by Gasteiger charge is -2.07. The standard InChI is InChI=1S/C24H21FN2O2S/c25-22-12-10-20(11-13-22)23-16-27(15-14-18-4-2-1-3-5-18)26-24(23)21-8-6-19(7-9-21)17-30(28)29/h1-13,16H,14-15,17H2,(H,28,29)/p-1. The van der Waals surface area contributed by atoms with E-state index >= 15 is 0 Å². The van der Waals surface area contributed by atoms with Crippen molar-refractivity contribution in [2.24, 2.45) is 0 Å². The Morgan fingerprint density at radius 2 is 1.53 bits per heavy atom. The summed E-state index contributed by atoms with van der Waals surface area (Å²) in [5, 5.41) is 4.79. The fourth-order valence-electron chi connectivity index (χ4n) is 3.37. The maximum atomic E-state index is 13.4. The predicted octanol–water partition coefficient (Wildman–Crippen LogP) is 4.98. The van der Waals surface area contributed by atoms with Gasteiger partial charge in [0.2, 0.25) is 0 Å². The van der Waals surface area contributed by atoms with Crippen LogP contribution in [0.15, 0.2) is 85.1 Å². The second-order valence-corrected chi connectivity index (χ2v) is 7.94. The first-order valence-electron chi connectivity index (χ1n) is 9.61. The molecule has 4 rings (SSSR count). The lowest BCUT2D eigenvalue weighted by atomic mass is 10.0. The summed E-state index contributed by atoms with van der Waals surface area (Å²) in [4.78, 5) is 0. The van der Waals surface area contributed by atoms with Gasteiger partial charge in [0.25, 0.3) is 0 Å². The number of halogens is 1. The molecule has 1 atom stereocenters. The summed E-state index contributed by atoms with van der Waals surface area (Å²) in [6.07, 6.45) is 2.82. The topological polar surface area (TPSA) is 57.9 Å². The van der Waals surface area contributed by atoms with E-state index in [0.29, 0.717) is 6.54 Å². The molecule has 4 aromatic rings. The number of hydrogen-bond acceptors (Lipinski definition) is 3.